The Morgan fingerprint density at radius 2 is 2.28 bits per heavy atom. The number of hydrogen-bond acceptors (Lipinski definition) is 2. The second kappa shape index (κ2) is 5.41. The fourth-order valence-electron chi connectivity index (χ4n) is 2.62. The van der Waals surface area contributed by atoms with Gasteiger partial charge >= 0.3 is 0 Å². The Balaban J connectivity index is 2.21. The van der Waals surface area contributed by atoms with Crippen molar-refractivity contribution in [3.05, 3.63) is 33.8 Å². The minimum atomic E-state index is 0.128. The van der Waals surface area contributed by atoms with Gasteiger partial charge in [-0.3, -0.25) is 4.79 Å². The summed E-state index contributed by atoms with van der Waals surface area (Å²) in [6.45, 7) is 5.51. The molecule has 2 atom stereocenters. The molecular formula is C14H19BrN2O. The van der Waals surface area contributed by atoms with Crippen LogP contribution in [0.4, 0.5) is 0 Å². The largest absolute Gasteiger partial charge is 0.336 e. The number of likely N-dealkylation sites (tertiary alicyclic amines) is 1. The lowest BCUT2D eigenvalue weighted by Gasteiger charge is -2.22. The molecule has 1 saturated heterocycles. The molecule has 0 aliphatic carbocycles. The first kappa shape index (κ1) is 13.6. The first-order valence-corrected chi connectivity index (χ1v) is 7.09. The summed E-state index contributed by atoms with van der Waals surface area (Å²) in [5, 5.41) is 0. The van der Waals surface area contributed by atoms with E-state index in [-0.39, 0.29) is 11.9 Å². The molecule has 3 nitrogen and oxygen atoms in total. The van der Waals surface area contributed by atoms with Crippen LogP contribution in [-0.2, 0) is 0 Å². The Bertz CT molecular complexity index is 461. The summed E-state index contributed by atoms with van der Waals surface area (Å²) in [5.74, 6) is 0.572. The quantitative estimate of drug-likeness (QED) is 0.912. The van der Waals surface area contributed by atoms with Gasteiger partial charge in [-0.1, -0.05) is 15.9 Å². The van der Waals surface area contributed by atoms with E-state index in [1.54, 1.807) is 0 Å². The maximum Gasteiger partial charge on any atom is 0.254 e. The predicted molar refractivity (Wildman–Crippen MR) is 76.5 cm³/mol. The standard InChI is InChI=1S/C14H19BrN2O/c1-9-5-12(15)3-4-13(9)14(18)17-8-11(7-16)6-10(17)2/h3-5,10-11H,6-8,16H2,1-2H3. The summed E-state index contributed by atoms with van der Waals surface area (Å²) >= 11 is 3.42. The van der Waals surface area contributed by atoms with E-state index in [2.05, 4.69) is 22.9 Å². The highest BCUT2D eigenvalue weighted by Gasteiger charge is 2.32. The predicted octanol–water partition coefficient (Wildman–Crippen LogP) is 2.57. The lowest BCUT2D eigenvalue weighted by Crippen LogP contribution is -2.34. The molecule has 1 heterocycles. The highest BCUT2D eigenvalue weighted by molar-refractivity contribution is 9.10. The van der Waals surface area contributed by atoms with Crippen LogP contribution in [0.1, 0.15) is 29.3 Å². The lowest BCUT2D eigenvalue weighted by molar-refractivity contribution is 0.0742. The van der Waals surface area contributed by atoms with Gasteiger partial charge in [-0.15, -0.1) is 0 Å². The Labute approximate surface area is 116 Å². The summed E-state index contributed by atoms with van der Waals surface area (Å²) in [6, 6.07) is 6.08. The maximum absolute atomic E-state index is 12.5. The number of carbonyl (C=O) groups is 1. The van der Waals surface area contributed by atoms with Crippen molar-refractivity contribution in [3.63, 3.8) is 0 Å². The third-order valence-corrected chi connectivity index (χ3v) is 4.17. The first-order chi connectivity index (χ1) is 8.52. The van der Waals surface area contributed by atoms with E-state index in [4.69, 9.17) is 5.73 Å². The zero-order valence-corrected chi connectivity index (χ0v) is 12.4. The SMILES string of the molecule is Cc1cc(Br)ccc1C(=O)N1CC(CN)CC1C. The molecule has 0 bridgehead atoms. The van der Waals surface area contributed by atoms with Crippen molar-refractivity contribution in [2.45, 2.75) is 26.3 Å². The van der Waals surface area contributed by atoms with Gasteiger partial charge in [0.05, 0.1) is 0 Å². The van der Waals surface area contributed by atoms with E-state index in [1.807, 2.05) is 30.0 Å². The Kier molecular flexibility index (Phi) is 4.07. The number of rotatable bonds is 2. The molecule has 4 heteroatoms. The van der Waals surface area contributed by atoms with Crippen LogP contribution in [0.2, 0.25) is 0 Å². The van der Waals surface area contributed by atoms with Crippen molar-refractivity contribution in [3.8, 4) is 0 Å². The molecule has 2 unspecified atom stereocenters. The van der Waals surface area contributed by atoms with E-state index in [1.165, 1.54) is 0 Å². The highest BCUT2D eigenvalue weighted by Crippen LogP contribution is 2.25. The van der Waals surface area contributed by atoms with Crippen LogP contribution >= 0.6 is 15.9 Å². The number of benzene rings is 1. The molecule has 0 spiro atoms. The number of carbonyl (C=O) groups excluding carboxylic acids is 1. The molecule has 0 radical (unpaired) electrons. The van der Waals surface area contributed by atoms with Gasteiger partial charge in [-0.25, -0.2) is 0 Å². The summed E-state index contributed by atoms with van der Waals surface area (Å²) in [5.41, 5.74) is 7.51. The molecule has 2 rings (SSSR count). The zero-order valence-electron chi connectivity index (χ0n) is 10.8. The molecule has 1 aromatic carbocycles. The highest BCUT2D eigenvalue weighted by atomic mass is 79.9. The molecule has 98 valence electrons. The first-order valence-electron chi connectivity index (χ1n) is 6.30. The van der Waals surface area contributed by atoms with Crippen LogP contribution < -0.4 is 5.73 Å². The summed E-state index contributed by atoms with van der Waals surface area (Å²) in [4.78, 5) is 14.5. The van der Waals surface area contributed by atoms with E-state index in [0.29, 0.717) is 12.5 Å². The van der Waals surface area contributed by atoms with Crippen LogP contribution in [0, 0.1) is 12.8 Å². The second-order valence-electron chi connectivity index (χ2n) is 5.10. The Morgan fingerprint density at radius 3 is 2.83 bits per heavy atom. The molecule has 0 saturated carbocycles. The second-order valence-corrected chi connectivity index (χ2v) is 6.02. The van der Waals surface area contributed by atoms with Crippen molar-refractivity contribution in [1.82, 2.24) is 4.90 Å². The molecular weight excluding hydrogens is 292 g/mol. The van der Waals surface area contributed by atoms with Gasteiger partial charge in [0, 0.05) is 22.6 Å². The average molecular weight is 311 g/mol. The summed E-state index contributed by atoms with van der Waals surface area (Å²) < 4.78 is 1.01. The van der Waals surface area contributed by atoms with Crippen molar-refractivity contribution in [1.29, 1.82) is 0 Å². The fraction of sp³-hybridized carbons (Fsp3) is 0.500. The third kappa shape index (κ3) is 2.59. The van der Waals surface area contributed by atoms with Gasteiger partial charge in [0.25, 0.3) is 5.91 Å². The van der Waals surface area contributed by atoms with Crippen LogP contribution in [-0.4, -0.2) is 29.9 Å². The normalized spacial score (nSPS) is 23.4. The number of hydrogen-bond donors (Lipinski definition) is 1. The van der Waals surface area contributed by atoms with Crippen molar-refractivity contribution in [2.75, 3.05) is 13.1 Å². The molecule has 1 aliphatic heterocycles. The van der Waals surface area contributed by atoms with Crippen molar-refractivity contribution >= 4 is 21.8 Å². The van der Waals surface area contributed by atoms with Gasteiger partial charge in [-0.05, 0) is 56.5 Å². The molecule has 0 aromatic heterocycles. The number of nitrogens with two attached hydrogens (primary N) is 1. The minimum absolute atomic E-state index is 0.128. The maximum atomic E-state index is 12.5. The summed E-state index contributed by atoms with van der Waals surface area (Å²) in [6.07, 6.45) is 1.01. The topological polar surface area (TPSA) is 46.3 Å². The Morgan fingerprint density at radius 1 is 1.56 bits per heavy atom. The monoisotopic (exact) mass is 310 g/mol. The van der Waals surface area contributed by atoms with Gasteiger partial charge in [-0.2, -0.15) is 0 Å². The molecule has 1 aliphatic rings. The average Bonchev–Trinajstić information content (AvgIpc) is 2.70. The van der Waals surface area contributed by atoms with E-state index >= 15 is 0 Å². The molecule has 2 N–H and O–H groups in total. The third-order valence-electron chi connectivity index (χ3n) is 3.67. The lowest BCUT2D eigenvalue weighted by atomic mass is 10.1. The molecule has 1 fully saturated rings. The number of halogens is 1. The molecule has 1 aromatic rings. The smallest absolute Gasteiger partial charge is 0.254 e. The van der Waals surface area contributed by atoms with Gasteiger partial charge < -0.3 is 10.6 Å². The molecule has 18 heavy (non-hydrogen) atoms. The number of aryl methyl sites for hydroxylation is 1. The zero-order chi connectivity index (χ0) is 13.3. The Hall–Kier alpha value is -0.870. The van der Waals surface area contributed by atoms with Crippen LogP contribution in [0.15, 0.2) is 22.7 Å². The number of nitrogens with zero attached hydrogens (tertiary/aromatic N) is 1. The van der Waals surface area contributed by atoms with Crippen LogP contribution in [0.25, 0.3) is 0 Å². The van der Waals surface area contributed by atoms with Gasteiger partial charge in [0.1, 0.15) is 0 Å². The van der Waals surface area contributed by atoms with Crippen LogP contribution in [0.3, 0.4) is 0 Å². The van der Waals surface area contributed by atoms with Gasteiger partial charge in [0.2, 0.25) is 0 Å². The fourth-order valence-corrected chi connectivity index (χ4v) is 3.09. The van der Waals surface area contributed by atoms with Crippen molar-refractivity contribution < 1.29 is 4.79 Å². The van der Waals surface area contributed by atoms with E-state index < -0.39 is 0 Å². The van der Waals surface area contributed by atoms with Crippen LogP contribution in [0.5, 0.6) is 0 Å². The molecule has 1 amide bonds. The van der Waals surface area contributed by atoms with Gasteiger partial charge in [0.15, 0.2) is 0 Å². The summed E-state index contributed by atoms with van der Waals surface area (Å²) in [7, 11) is 0. The van der Waals surface area contributed by atoms with E-state index in [0.717, 1.165) is 28.6 Å². The minimum Gasteiger partial charge on any atom is -0.336 e. The van der Waals surface area contributed by atoms with Crippen molar-refractivity contribution in [2.24, 2.45) is 11.7 Å². The van der Waals surface area contributed by atoms with E-state index in [9.17, 15) is 4.79 Å². The number of amides is 1.